The molecule has 0 unspecified atom stereocenters. The number of aromatic nitrogens is 1. The number of anilines is 1. The second kappa shape index (κ2) is 5.14. The Morgan fingerprint density at radius 2 is 1.89 bits per heavy atom. The summed E-state index contributed by atoms with van der Waals surface area (Å²) in [7, 11) is 3.11. The van der Waals surface area contributed by atoms with Crippen LogP contribution in [0.3, 0.4) is 0 Å². The van der Waals surface area contributed by atoms with E-state index in [-0.39, 0.29) is 0 Å². The number of ether oxygens (including phenoxy) is 2. The minimum atomic E-state index is 0.417. The lowest BCUT2D eigenvalue weighted by Crippen LogP contribution is -1.96. The minimum Gasteiger partial charge on any atom is -0.495 e. The predicted octanol–water partition coefficient (Wildman–Crippen LogP) is 3.00. The first kappa shape index (κ1) is 12.5. The number of methoxy groups -OCH3 is 2. The van der Waals surface area contributed by atoms with Crippen molar-refractivity contribution in [3.8, 4) is 22.6 Å². The fourth-order valence-electron chi connectivity index (χ4n) is 1.74. The van der Waals surface area contributed by atoms with E-state index in [2.05, 4.69) is 4.98 Å². The first-order valence-electron chi connectivity index (χ1n) is 5.29. The van der Waals surface area contributed by atoms with Gasteiger partial charge in [-0.1, -0.05) is 11.6 Å². The van der Waals surface area contributed by atoms with Gasteiger partial charge < -0.3 is 15.2 Å². The average molecular weight is 265 g/mol. The van der Waals surface area contributed by atoms with Crippen LogP contribution in [0.15, 0.2) is 30.6 Å². The molecule has 94 valence electrons. The van der Waals surface area contributed by atoms with E-state index < -0.39 is 0 Å². The lowest BCUT2D eigenvalue weighted by Gasteiger charge is -2.14. The number of pyridine rings is 1. The fraction of sp³-hybridized carbons (Fsp3) is 0.154. The van der Waals surface area contributed by atoms with Gasteiger partial charge >= 0.3 is 0 Å². The standard InChI is InChI=1S/C13H13ClN2O2/c1-17-11-4-3-8(13(18-2)12(11)14)9-7-16-6-5-10(9)15/h3-7H,1-2H3,(H2,15,16). The molecule has 0 saturated carbocycles. The molecule has 1 aromatic carbocycles. The van der Waals surface area contributed by atoms with E-state index in [1.54, 1.807) is 38.7 Å². The molecule has 5 heteroatoms. The molecule has 2 aromatic rings. The summed E-state index contributed by atoms with van der Waals surface area (Å²) in [6.45, 7) is 0. The SMILES string of the molecule is COc1ccc(-c2cnccc2N)c(OC)c1Cl. The van der Waals surface area contributed by atoms with Gasteiger partial charge in [0.05, 0.1) is 14.2 Å². The van der Waals surface area contributed by atoms with E-state index in [0.717, 1.165) is 11.1 Å². The number of nitrogens with zero attached hydrogens (tertiary/aromatic N) is 1. The van der Waals surface area contributed by atoms with Gasteiger partial charge in [0.15, 0.2) is 0 Å². The van der Waals surface area contributed by atoms with Gasteiger partial charge in [-0.2, -0.15) is 0 Å². The van der Waals surface area contributed by atoms with Crippen molar-refractivity contribution in [2.24, 2.45) is 0 Å². The monoisotopic (exact) mass is 264 g/mol. The molecule has 0 saturated heterocycles. The third kappa shape index (κ3) is 2.07. The van der Waals surface area contributed by atoms with Gasteiger partial charge in [0.1, 0.15) is 16.5 Å². The molecular weight excluding hydrogens is 252 g/mol. The lowest BCUT2D eigenvalue weighted by molar-refractivity contribution is 0.396. The Bertz CT molecular complexity index is 573. The van der Waals surface area contributed by atoms with Crippen LogP contribution in [0.1, 0.15) is 0 Å². The summed E-state index contributed by atoms with van der Waals surface area (Å²) in [5.41, 5.74) is 8.11. The Kier molecular flexibility index (Phi) is 3.58. The van der Waals surface area contributed by atoms with Crippen molar-refractivity contribution < 1.29 is 9.47 Å². The lowest BCUT2D eigenvalue weighted by atomic mass is 10.0. The Labute approximate surface area is 110 Å². The smallest absolute Gasteiger partial charge is 0.149 e. The van der Waals surface area contributed by atoms with E-state index >= 15 is 0 Å². The number of rotatable bonds is 3. The molecule has 0 atom stereocenters. The van der Waals surface area contributed by atoms with Crippen molar-refractivity contribution in [1.82, 2.24) is 4.98 Å². The van der Waals surface area contributed by atoms with E-state index in [4.69, 9.17) is 26.8 Å². The highest BCUT2D eigenvalue weighted by atomic mass is 35.5. The molecule has 1 heterocycles. The number of hydrogen-bond donors (Lipinski definition) is 1. The Morgan fingerprint density at radius 3 is 2.50 bits per heavy atom. The van der Waals surface area contributed by atoms with Crippen LogP contribution in [0.2, 0.25) is 5.02 Å². The summed E-state index contributed by atoms with van der Waals surface area (Å²) >= 11 is 6.21. The molecule has 1 aromatic heterocycles. The molecule has 2 N–H and O–H groups in total. The molecule has 4 nitrogen and oxygen atoms in total. The van der Waals surface area contributed by atoms with E-state index in [0.29, 0.717) is 22.2 Å². The Morgan fingerprint density at radius 1 is 1.11 bits per heavy atom. The van der Waals surface area contributed by atoms with Crippen molar-refractivity contribution in [1.29, 1.82) is 0 Å². The number of benzene rings is 1. The van der Waals surface area contributed by atoms with Crippen LogP contribution >= 0.6 is 11.6 Å². The average Bonchev–Trinajstić information content (AvgIpc) is 2.39. The molecule has 0 amide bonds. The van der Waals surface area contributed by atoms with Gasteiger partial charge in [0.25, 0.3) is 0 Å². The van der Waals surface area contributed by atoms with Crippen molar-refractivity contribution in [3.63, 3.8) is 0 Å². The molecule has 0 aliphatic rings. The summed E-state index contributed by atoms with van der Waals surface area (Å²) in [4.78, 5) is 4.06. The summed E-state index contributed by atoms with van der Waals surface area (Å²) < 4.78 is 10.5. The van der Waals surface area contributed by atoms with Crippen molar-refractivity contribution in [3.05, 3.63) is 35.6 Å². The molecule has 18 heavy (non-hydrogen) atoms. The van der Waals surface area contributed by atoms with Crippen molar-refractivity contribution in [2.75, 3.05) is 20.0 Å². The highest BCUT2D eigenvalue weighted by Gasteiger charge is 2.16. The van der Waals surface area contributed by atoms with Crippen molar-refractivity contribution >= 4 is 17.3 Å². The van der Waals surface area contributed by atoms with Crippen LogP contribution in [-0.2, 0) is 0 Å². The molecule has 0 fully saturated rings. The van der Waals surface area contributed by atoms with Gasteiger partial charge in [-0.3, -0.25) is 4.98 Å². The number of halogens is 1. The fourth-order valence-corrected chi connectivity index (χ4v) is 2.06. The predicted molar refractivity (Wildman–Crippen MR) is 72.2 cm³/mol. The first-order valence-corrected chi connectivity index (χ1v) is 5.67. The first-order chi connectivity index (χ1) is 8.69. The third-order valence-corrected chi connectivity index (χ3v) is 2.99. The van der Waals surface area contributed by atoms with Crippen LogP contribution in [0.4, 0.5) is 5.69 Å². The second-order valence-electron chi connectivity index (χ2n) is 3.63. The molecule has 0 bridgehead atoms. The molecule has 0 aliphatic carbocycles. The molecular formula is C13H13ClN2O2. The number of nitrogens with two attached hydrogens (primary N) is 1. The minimum absolute atomic E-state index is 0.417. The van der Waals surface area contributed by atoms with Gasteiger partial charge in [0, 0.05) is 29.2 Å². The van der Waals surface area contributed by atoms with Gasteiger partial charge in [0.2, 0.25) is 0 Å². The maximum atomic E-state index is 6.21. The van der Waals surface area contributed by atoms with Crippen LogP contribution in [0.5, 0.6) is 11.5 Å². The van der Waals surface area contributed by atoms with E-state index in [1.807, 2.05) is 6.07 Å². The van der Waals surface area contributed by atoms with Crippen LogP contribution in [0.25, 0.3) is 11.1 Å². The quantitative estimate of drug-likeness (QED) is 0.926. The number of nitrogen functional groups attached to an aromatic ring is 1. The van der Waals surface area contributed by atoms with Gasteiger partial charge in [-0.25, -0.2) is 0 Å². The maximum Gasteiger partial charge on any atom is 0.149 e. The third-order valence-electron chi connectivity index (χ3n) is 2.63. The van der Waals surface area contributed by atoms with Gasteiger partial charge in [-0.05, 0) is 18.2 Å². The highest BCUT2D eigenvalue weighted by Crippen LogP contribution is 2.42. The highest BCUT2D eigenvalue weighted by molar-refractivity contribution is 6.34. The van der Waals surface area contributed by atoms with E-state index in [9.17, 15) is 0 Å². The topological polar surface area (TPSA) is 57.4 Å². The zero-order valence-corrected chi connectivity index (χ0v) is 10.9. The van der Waals surface area contributed by atoms with Gasteiger partial charge in [-0.15, -0.1) is 0 Å². The Balaban J connectivity index is 2.66. The maximum absolute atomic E-state index is 6.21. The number of hydrogen-bond acceptors (Lipinski definition) is 4. The zero-order chi connectivity index (χ0) is 13.1. The van der Waals surface area contributed by atoms with Crippen molar-refractivity contribution in [2.45, 2.75) is 0 Å². The molecule has 0 aliphatic heterocycles. The van der Waals surface area contributed by atoms with Crippen LogP contribution < -0.4 is 15.2 Å². The summed E-state index contributed by atoms with van der Waals surface area (Å²) in [5, 5.41) is 0.417. The summed E-state index contributed by atoms with van der Waals surface area (Å²) in [6.07, 6.45) is 3.31. The summed E-state index contributed by atoms with van der Waals surface area (Å²) in [6, 6.07) is 5.34. The molecule has 0 spiro atoms. The second-order valence-corrected chi connectivity index (χ2v) is 4.00. The normalized spacial score (nSPS) is 10.2. The largest absolute Gasteiger partial charge is 0.495 e. The molecule has 2 rings (SSSR count). The van der Waals surface area contributed by atoms with Crippen LogP contribution in [0, 0.1) is 0 Å². The van der Waals surface area contributed by atoms with E-state index in [1.165, 1.54) is 0 Å². The van der Waals surface area contributed by atoms with Crippen LogP contribution in [-0.4, -0.2) is 19.2 Å². The zero-order valence-electron chi connectivity index (χ0n) is 10.1. The molecule has 0 radical (unpaired) electrons. The Hall–Kier alpha value is -1.94. The summed E-state index contributed by atoms with van der Waals surface area (Å²) in [5.74, 6) is 1.08.